The predicted octanol–water partition coefficient (Wildman–Crippen LogP) is 4.02. The van der Waals surface area contributed by atoms with Crippen LogP contribution in [-0.4, -0.2) is 26.9 Å². The first-order chi connectivity index (χ1) is 10.1. The van der Waals surface area contributed by atoms with Crippen LogP contribution in [-0.2, 0) is 14.9 Å². The van der Waals surface area contributed by atoms with Crippen LogP contribution < -0.4 is 5.73 Å². The van der Waals surface area contributed by atoms with Crippen molar-refractivity contribution in [3.8, 4) is 0 Å². The first-order valence-electron chi connectivity index (χ1n) is 7.37. The minimum Gasteiger partial charge on any atom is -0.399 e. The highest BCUT2D eigenvalue weighted by Gasteiger charge is 2.28. The van der Waals surface area contributed by atoms with E-state index in [1.54, 1.807) is 19.2 Å². The van der Waals surface area contributed by atoms with Crippen LogP contribution in [0.3, 0.4) is 0 Å². The molecule has 0 saturated heterocycles. The zero-order valence-electron chi connectivity index (χ0n) is 13.8. The molecular formula is C16H28N2O3. The number of benzene rings is 1. The van der Waals surface area contributed by atoms with Gasteiger partial charge in [0.05, 0.1) is 19.8 Å². The highest BCUT2D eigenvalue weighted by atomic mass is 16.5. The molecule has 120 valence electrons. The van der Waals surface area contributed by atoms with Gasteiger partial charge in [-0.25, -0.2) is 0 Å². The summed E-state index contributed by atoms with van der Waals surface area (Å²) >= 11 is 0. The third kappa shape index (κ3) is 5.81. The Morgan fingerprint density at radius 1 is 1.29 bits per heavy atom. The number of nitroso groups, excluding NO2 is 1. The number of ether oxygens (including phenoxy) is 2. The first kappa shape index (κ1) is 19.5. The average molecular weight is 296 g/mol. The van der Waals surface area contributed by atoms with E-state index in [1.165, 1.54) is 0 Å². The van der Waals surface area contributed by atoms with Crippen LogP contribution in [0.2, 0.25) is 0 Å². The van der Waals surface area contributed by atoms with Crippen LogP contribution in [0.4, 0.5) is 11.4 Å². The Labute approximate surface area is 127 Å². The molecule has 1 aromatic carbocycles. The van der Waals surface area contributed by atoms with Crippen molar-refractivity contribution in [1.82, 2.24) is 0 Å². The lowest BCUT2D eigenvalue weighted by atomic mass is 9.80. The van der Waals surface area contributed by atoms with Crippen LogP contribution in [0, 0.1) is 4.91 Å². The van der Waals surface area contributed by atoms with Crippen molar-refractivity contribution < 1.29 is 9.47 Å². The number of nitrogen functional groups attached to an aromatic ring is 1. The minimum absolute atomic E-state index is 0.259. The topological polar surface area (TPSA) is 73.9 Å². The largest absolute Gasteiger partial charge is 0.399 e. The first-order valence-corrected chi connectivity index (χ1v) is 7.37. The van der Waals surface area contributed by atoms with Crippen molar-refractivity contribution in [1.29, 1.82) is 0 Å². The molecule has 0 aliphatic rings. The van der Waals surface area contributed by atoms with Gasteiger partial charge in [0.1, 0.15) is 5.69 Å². The fourth-order valence-electron chi connectivity index (χ4n) is 1.94. The molecule has 0 aliphatic heterocycles. The third-order valence-corrected chi connectivity index (χ3v) is 3.40. The molecule has 0 radical (unpaired) electrons. The van der Waals surface area contributed by atoms with E-state index in [0.29, 0.717) is 31.2 Å². The van der Waals surface area contributed by atoms with Crippen LogP contribution >= 0.6 is 0 Å². The molecule has 1 rings (SSSR count). The summed E-state index contributed by atoms with van der Waals surface area (Å²) < 4.78 is 10.6. The molecule has 1 aromatic rings. The highest BCUT2D eigenvalue weighted by molar-refractivity contribution is 5.58. The zero-order chi connectivity index (χ0) is 16.3. The quantitative estimate of drug-likeness (QED) is 0.446. The molecule has 0 bridgehead atoms. The fraction of sp³-hybridized carbons (Fsp3) is 0.625. The summed E-state index contributed by atoms with van der Waals surface area (Å²) in [4.78, 5) is 11.0. The Morgan fingerprint density at radius 2 is 1.95 bits per heavy atom. The Hall–Kier alpha value is -1.46. The van der Waals surface area contributed by atoms with E-state index in [9.17, 15) is 4.91 Å². The van der Waals surface area contributed by atoms with Gasteiger partial charge in [-0.15, -0.1) is 4.91 Å². The maximum atomic E-state index is 11.0. The Kier molecular flexibility index (Phi) is 9.58. The van der Waals surface area contributed by atoms with Crippen molar-refractivity contribution in [2.24, 2.45) is 5.18 Å². The van der Waals surface area contributed by atoms with Gasteiger partial charge >= 0.3 is 0 Å². The molecular weight excluding hydrogens is 268 g/mol. The molecule has 0 fully saturated rings. The molecule has 0 heterocycles. The van der Waals surface area contributed by atoms with Gasteiger partial charge in [-0.3, -0.25) is 0 Å². The number of nitrogens with two attached hydrogens (primary N) is 1. The Balaban J connectivity index is 0.00000191. The van der Waals surface area contributed by atoms with Crippen molar-refractivity contribution in [3.63, 3.8) is 0 Å². The molecule has 5 heteroatoms. The van der Waals surface area contributed by atoms with Crippen LogP contribution in [0.15, 0.2) is 23.4 Å². The second-order valence-corrected chi connectivity index (χ2v) is 4.83. The molecule has 5 nitrogen and oxygen atoms in total. The number of anilines is 1. The predicted molar refractivity (Wildman–Crippen MR) is 88.0 cm³/mol. The van der Waals surface area contributed by atoms with Gasteiger partial charge in [0.25, 0.3) is 0 Å². The lowest BCUT2D eigenvalue weighted by Gasteiger charge is -2.29. The third-order valence-electron chi connectivity index (χ3n) is 3.40. The van der Waals surface area contributed by atoms with Crippen molar-refractivity contribution in [3.05, 3.63) is 28.7 Å². The normalized spacial score (nSPS) is 13.0. The molecule has 0 aliphatic carbocycles. The van der Waals surface area contributed by atoms with E-state index in [2.05, 4.69) is 19.0 Å². The van der Waals surface area contributed by atoms with E-state index >= 15 is 0 Å². The van der Waals surface area contributed by atoms with E-state index in [4.69, 9.17) is 15.2 Å². The van der Waals surface area contributed by atoms with Gasteiger partial charge in [-0.1, -0.05) is 33.8 Å². The summed E-state index contributed by atoms with van der Waals surface area (Å²) in [7, 11) is 1.64. The van der Waals surface area contributed by atoms with Gasteiger partial charge < -0.3 is 15.2 Å². The number of hydrogen-bond donors (Lipinski definition) is 1. The summed E-state index contributed by atoms with van der Waals surface area (Å²) in [6.07, 6.45) is 0.840. The molecule has 0 spiro atoms. The second-order valence-electron chi connectivity index (χ2n) is 4.83. The molecule has 0 amide bonds. The van der Waals surface area contributed by atoms with Crippen LogP contribution in [0.25, 0.3) is 0 Å². The highest BCUT2D eigenvalue weighted by Crippen LogP contribution is 2.36. The number of nitrogens with zero attached hydrogens (tertiary/aromatic N) is 1. The zero-order valence-corrected chi connectivity index (χ0v) is 13.8. The van der Waals surface area contributed by atoms with Crippen LogP contribution in [0.1, 0.15) is 39.7 Å². The number of methoxy groups -OCH3 is 1. The van der Waals surface area contributed by atoms with Crippen molar-refractivity contribution in [2.45, 2.75) is 39.5 Å². The second kappa shape index (κ2) is 10.3. The van der Waals surface area contributed by atoms with Gasteiger partial charge in [-0.2, -0.15) is 0 Å². The van der Waals surface area contributed by atoms with E-state index < -0.39 is 0 Å². The van der Waals surface area contributed by atoms with Crippen molar-refractivity contribution in [2.75, 3.05) is 32.7 Å². The molecule has 2 N–H and O–H groups in total. The van der Waals surface area contributed by atoms with Gasteiger partial charge in [0, 0.05) is 18.2 Å². The average Bonchev–Trinajstić information content (AvgIpc) is 2.53. The summed E-state index contributed by atoms with van der Waals surface area (Å²) in [5.74, 6) is 0. The fourth-order valence-corrected chi connectivity index (χ4v) is 1.94. The smallest absolute Gasteiger partial charge is 0.113 e. The Bertz CT molecular complexity index is 424. The summed E-state index contributed by atoms with van der Waals surface area (Å²) in [6.45, 7) is 9.72. The van der Waals surface area contributed by atoms with Gasteiger partial charge in [0.2, 0.25) is 0 Å². The summed E-state index contributed by atoms with van der Waals surface area (Å²) in [6, 6.07) is 5.24. The van der Waals surface area contributed by atoms with Crippen molar-refractivity contribution >= 4 is 11.4 Å². The standard InChI is InChI=1S/C14H22N2O3.C2H6/c1-4-14(2,10-19-8-7-18-3)12-6-5-11(15)9-13(12)16-17;1-2/h5-6,9H,4,7-8,10,15H2,1-3H3;1-2H3. The molecule has 1 unspecified atom stereocenters. The lowest BCUT2D eigenvalue weighted by Crippen LogP contribution is -2.28. The Morgan fingerprint density at radius 3 is 2.48 bits per heavy atom. The molecule has 1 atom stereocenters. The monoisotopic (exact) mass is 296 g/mol. The summed E-state index contributed by atoms with van der Waals surface area (Å²) in [5, 5.41) is 3.08. The summed E-state index contributed by atoms with van der Waals surface area (Å²) in [5.41, 5.74) is 7.22. The maximum Gasteiger partial charge on any atom is 0.113 e. The molecule has 21 heavy (non-hydrogen) atoms. The SMILES string of the molecule is CC.CCC(C)(COCCOC)c1ccc(N)cc1N=O. The molecule has 0 aromatic heterocycles. The van der Waals surface area contributed by atoms with Gasteiger partial charge in [0.15, 0.2) is 0 Å². The number of rotatable bonds is 8. The van der Waals surface area contributed by atoms with E-state index in [-0.39, 0.29) is 5.41 Å². The lowest BCUT2D eigenvalue weighted by molar-refractivity contribution is 0.0439. The maximum absolute atomic E-state index is 11.0. The van der Waals surface area contributed by atoms with E-state index in [1.807, 2.05) is 19.9 Å². The molecule has 0 saturated carbocycles. The number of hydrogen-bond acceptors (Lipinski definition) is 5. The van der Waals surface area contributed by atoms with Crippen LogP contribution in [0.5, 0.6) is 0 Å². The van der Waals surface area contributed by atoms with E-state index in [0.717, 1.165) is 12.0 Å². The minimum atomic E-state index is -0.259. The van der Waals surface area contributed by atoms with Gasteiger partial charge in [-0.05, 0) is 29.3 Å².